The van der Waals surface area contributed by atoms with Crippen LogP contribution in [0.2, 0.25) is 0 Å². The maximum atomic E-state index is 12.9. The van der Waals surface area contributed by atoms with Crippen molar-refractivity contribution in [1.82, 2.24) is 9.97 Å². The Morgan fingerprint density at radius 2 is 2.11 bits per heavy atom. The van der Waals surface area contributed by atoms with Crippen molar-refractivity contribution in [3.8, 4) is 0 Å². The number of aromatic nitrogens is 2. The predicted octanol–water partition coefficient (Wildman–Crippen LogP) is 1.76. The molecule has 0 fully saturated rings. The fourth-order valence-electron chi connectivity index (χ4n) is 1.30. The summed E-state index contributed by atoms with van der Waals surface area (Å²) in [5.74, 6) is 4.71. The molecule has 4 N–H and O–H groups in total. The summed E-state index contributed by atoms with van der Waals surface area (Å²) in [5, 5.41) is 2.62. The van der Waals surface area contributed by atoms with Gasteiger partial charge in [-0.05, 0) is 40.8 Å². The maximum absolute atomic E-state index is 12.9. The minimum absolute atomic E-state index is 0.138. The van der Waals surface area contributed by atoms with Crippen LogP contribution in [0.5, 0.6) is 0 Å². The standard InChI is InChI=1S/C11H9FIN5O/c12-6-1-2-8(7(13)3-6)17-11(19)9-4-16-10(18-14)5-15-9/h1-5H,14H2,(H,16,18)(H,17,19). The molecule has 1 heterocycles. The van der Waals surface area contributed by atoms with Gasteiger partial charge in [-0.3, -0.25) is 4.79 Å². The fourth-order valence-corrected chi connectivity index (χ4v) is 1.91. The van der Waals surface area contributed by atoms with Gasteiger partial charge in [0.15, 0.2) is 5.82 Å². The Hall–Kier alpha value is -1.81. The molecule has 0 aliphatic rings. The summed E-state index contributed by atoms with van der Waals surface area (Å²) in [6.45, 7) is 0. The first kappa shape index (κ1) is 13.6. The molecule has 0 aliphatic carbocycles. The molecule has 1 amide bonds. The van der Waals surface area contributed by atoms with Crippen LogP contribution in [-0.4, -0.2) is 15.9 Å². The highest BCUT2D eigenvalue weighted by Crippen LogP contribution is 2.19. The van der Waals surface area contributed by atoms with Crippen molar-refractivity contribution >= 4 is 40.0 Å². The monoisotopic (exact) mass is 373 g/mol. The quantitative estimate of drug-likeness (QED) is 0.433. The van der Waals surface area contributed by atoms with Gasteiger partial charge in [0.25, 0.3) is 5.91 Å². The first-order valence-corrected chi connectivity index (χ1v) is 6.23. The third-order valence-corrected chi connectivity index (χ3v) is 3.10. The highest BCUT2D eigenvalue weighted by Gasteiger charge is 2.10. The molecule has 0 unspecified atom stereocenters. The molecular weight excluding hydrogens is 364 g/mol. The highest BCUT2D eigenvalue weighted by molar-refractivity contribution is 14.1. The number of rotatable bonds is 3. The summed E-state index contributed by atoms with van der Waals surface area (Å²) in [4.78, 5) is 19.7. The van der Waals surface area contributed by atoms with E-state index in [-0.39, 0.29) is 11.5 Å². The van der Waals surface area contributed by atoms with E-state index in [0.717, 1.165) is 0 Å². The van der Waals surface area contributed by atoms with Crippen molar-refractivity contribution in [2.45, 2.75) is 0 Å². The average Bonchev–Trinajstić information content (AvgIpc) is 2.42. The molecular formula is C11H9FIN5O. The highest BCUT2D eigenvalue weighted by atomic mass is 127. The topological polar surface area (TPSA) is 92.9 Å². The number of benzene rings is 1. The van der Waals surface area contributed by atoms with E-state index in [1.54, 1.807) is 0 Å². The Balaban J connectivity index is 2.15. The van der Waals surface area contributed by atoms with Gasteiger partial charge in [-0.25, -0.2) is 20.2 Å². The number of hydrogen-bond acceptors (Lipinski definition) is 5. The summed E-state index contributed by atoms with van der Waals surface area (Å²) >= 11 is 1.93. The number of carbonyl (C=O) groups excluding carboxylic acids is 1. The molecule has 0 bridgehead atoms. The van der Waals surface area contributed by atoms with Crippen molar-refractivity contribution in [3.05, 3.63) is 45.7 Å². The minimum atomic E-state index is -0.430. The second-order valence-electron chi connectivity index (χ2n) is 3.51. The van der Waals surface area contributed by atoms with Gasteiger partial charge in [0.2, 0.25) is 0 Å². The summed E-state index contributed by atoms with van der Waals surface area (Å²) in [7, 11) is 0. The SMILES string of the molecule is NNc1cnc(C(=O)Nc2ccc(F)cc2I)cn1. The summed E-state index contributed by atoms with van der Waals surface area (Å²) < 4.78 is 13.5. The zero-order chi connectivity index (χ0) is 13.8. The first-order chi connectivity index (χ1) is 9.10. The largest absolute Gasteiger partial charge is 0.320 e. The normalized spacial score (nSPS) is 10.1. The van der Waals surface area contributed by atoms with Crippen LogP contribution in [0.4, 0.5) is 15.9 Å². The van der Waals surface area contributed by atoms with Crippen molar-refractivity contribution in [1.29, 1.82) is 0 Å². The van der Waals surface area contributed by atoms with Gasteiger partial charge < -0.3 is 10.7 Å². The summed E-state index contributed by atoms with van der Waals surface area (Å²) in [6, 6.07) is 4.08. The van der Waals surface area contributed by atoms with Crippen LogP contribution >= 0.6 is 22.6 Å². The van der Waals surface area contributed by atoms with Crippen molar-refractivity contribution in [3.63, 3.8) is 0 Å². The van der Waals surface area contributed by atoms with E-state index in [1.807, 2.05) is 22.6 Å². The fraction of sp³-hybridized carbons (Fsp3) is 0. The molecule has 98 valence electrons. The molecule has 0 saturated heterocycles. The third kappa shape index (κ3) is 3.35. The van der Waals surface area contributed by atoms with Crippen LogP contribution in [0.3, 0.4) is 0 Å². The van der Waals surface area contributed by atoms with Crippen molar-refractivity contribution in [2.24, 2.45) is 5.84 Å². The van der Waals surface area contributed by atoms with Crippen LogP contribution in [0.15, 0.2) is 30.6 Å². The number of nitrogen functional groups attached to an aromatic ring is 1. The lowest BCUT2D eigenvalue weighted by atomic mass is 10.3. The lowest BCUT2D eigenvalue weighted by molar-refractivity contribution is 0.102. The van der Waals surface area contributed by atoms with Crippen molar-refractivity contribution in [2.75, 3.05) is 10.7 Å². The van der Waals surface area contributed by atoms with E-state index >= 15 is 0 Å². The third-order valence-electron chi connectivity index (χ3n) is 2.21. The zero-order valence-electron chi connectivity index (χ0n) is 9.52. The van der Waals surface area contributed by atoms with Gasteiger partial charge in [0.1, 0.15) is 11.5 Å². The lowest BCUT2D eigenvalue weighted by Crippen LogP contribution is -2.16. The number of halogens is 2. The van der Waals surface area contributed by atoms with Gasteiger partial charge in [0.05, 0.1) is 18.1 Å². The maximum Gasteiger partial charge on any atom is 0.275 e. The molecule has 2 aromatic rings. The number of carbonyl (C=O) groups is 1. The molecule has 2 rings (SSSR count). The Morgan fingerprint density at radius 1 is 1.32 bits per heavy atom. The number of anilines is 2. The lowest BCUT2D eigenvalue weighted by Gasteiger charge is -2.07. The molecule has 19 heavy (non-hydrogen) atoms. The number of hydrazine groups is 1. The number of hydrogen-bond donors (Lipinski definition) is 3. The molecule has 0 aliphatic heterocycles. The molecule has 8 heteroatoms. The van der Waals surface area contributed by atoms with Gasteiger partial charge in [-0.2, -0.15) is 0 Å². The average molecular weight is 373 g/mol. The van der Waals surface area contributed by atoms with E-state index in [2.05, 4.69) is 20.7 Å². The van der Waals surface area contributed by atoms with E-state index in [9.17, 15) is 9.18 Å². The van der Waals surface area contributed by atoms with Crippen LogP contribution in [0.25, 0.3) is 0 Å². The molecule has 1 aromatic carbocycles. The van der Waals surface area contributed by atoms with Gasteiger partial charge in [0, 0.05) is 3.57 Å². The van der Waals surface area contributed by atoms with Gasteiger partial charge in [-0.1, -0.05) is 0 Å². The number of nitrogens with two attached hydrogens (primary N) is 1. The Labute approximate surface area is 121 Å². The minimum Gasteiger partial charge on any atom is -0.320 e. The summed E-state index contributed by atoms with van der Waals surface area (Å²) in [6.07, 6.45) is 2.63. The smallest absolute Gasteiger partial charge is 0.275 e. The van der Waals surface area contributed by atoms with Crippen molar-refractivity contribution < 1.29 is 9.18 Å². The number of nitrogens with one attached hydrogen (secondary N) is 2. The second-order valence-corrected chi connectivity index (χ2v) is 4.67. The van der Waals surface area contributed by atoms with Gasteiger partial charge >= 0.3 is 0 Å². The Bertz CT molecular complexity index is 605. The summed E-state index contributed by atoms with van der Waals surface area (Å²) in [5.41, 5.74) is 2.96. The van der Waals surface area contributed by atoms with Crippen LogP contribution in [0, 0.1) is 9.39 Å². The van der Waals surface area contributed by atoms with Crippen LogP contribution < -0.4 is 16.6 Å². The zero-order valence-corrected chi connectivity index (χ0v) is 11.7. The van der Waals surface area contributed by atoms with E-state index < -0.39 is 5.91 Å². The van der Waals surface area contributed by atoms with Gasteiger partial charge in [-0.15, -0.1) is 0 Å². The molecule has 0 radical (unpaired) electrons. The molecule has 6 nitrogen and oxygen atoms in total. The molecule has 0 atom stereocenters. The molecule has 1 aromatic heterocycles. The first-order valence-electron chi connectivity index (χ1n) is 5.15. The number of nitrogens with zero attached hydrogens (tertiary/aromatic N) is 2. The van der Waals surface area contributed by atoms with Crippen LogP contribution in [-0.2, 0) is 0 Å². The predicted molar refractivity (Wildman–Crippen MR) is 76.9 cm³/mol. The second kappa shape index (κ2) is 5.89. The molecule has 0 saturated carbocycles. The Kier molecular flexibility index (Phi) is 4.22. The Morgan fingerprint density at radius 3 is 2.68 bits per heavy atom. The van der Waals surface area contributed by atoms with Crippen LogP contribution in [0.1, 0.15) is 10.5 Å². The van der Waals surface area contributed by atoms with E-state index in [1.165, 1.54) is 30.6 Å². The van der Waals surface area contributed by atoms with E-state index in [0.29, 0.717) is 15.1 Å². The number of amides is 1. The molecule has 0 spiro atoms. The van der Waals surface area contributed by atoms with E-state index in [4.69, 9.17) is 5.84 Å².